The zero-order valence-corrected chi connectivity index (χ0v) is 17.3. The summed E-state index contributed by atoms with van der Waals surface area (Å²) in [4.78, 5) is 27.3. The Labute approximate surface area is 177 Å². The fourth-order valence-corrected chi connectivity index (χ4v) is 4.26. The lowest BCUT2D eigenvalue weighted by Crippen LogP contribution is -2.24. The van der Waals surface area contributed by atoms with Crippen LogP contribution in [0, 0.1) is 3.95 Å². The number of thiazole rings is 1. The molecule has 1 aliphatic heterocycles. The van der Waals surface area contributed by atoms with Crippen molar-refractivity contribution in [1.29, 1.82) is 0 Å². The van der Waals surface area contributed by atoms with E-state index in [0.29, 0.717) is 34.8 Å². The van der Waals surface area contributed by atoms with Crippen molar-refractivity contribution in [3.63, 3.8) is 0 Å². The Hall–Kier alpha value is -2.78. The van der Waals surface area contributed by atoms with E-state index in [2.05, 4.69) is 10.3 Å². The van der Waals surface area contributed by atoms with Crippen LogP contribution in [-0.2, 0) is 16.1 Å². The molecule has 7 nitrogen and oxygen atoms in total. The molecule has 2 heterocycles. The molecule has 9 heteroatoms. The minimum absolute atomic E-state index is 0.0334. The van der Waals surface area contributed by atoms with E-state index in [1.54, 1.807) is 10.8 Å². The van der Waals surface area contributed by atoms with Gasteiger partial charge in [-0.15, -0.1) is 11.3 Å². The lowest BCUT2D eigenvalue weighted by molar-refractivity contribution is -0.137. The Balaban J connectivity index is 1.57. The van der Waals surface area contributed by atoms with Crippen LogP contribution in [-0.4, -0.2) is 39.4 Å². The van der Waals surface area contributed by atoms with E-state index in [-0.39, 0.29) is 24.6 Å². The molecule has 3 rings (SSSR count). The minimum Gasteiger partial charge on any atom is -0.493 e. The second kappa shape index (κ2) is 9.62. The van der Waals surface area contributed by atoms with Crippen molar-refractivity contribution < 1.29 is 19.8 Å². The van der Waals surface area contributed by atoms with Crippen LogP contribution < -0.4 is 5.32 Å². The molecule has 0 unspecified atom stereocenters. The molecule has 0 aliphatic carbocycles. The molecular formula is C20H21N3O4S2. The van der Waals surface area contributed by atoms with Gasteiger partial charge < -0.3 is 15.5 Å². The summed E-state index contributed by atoms with van der Waals surface area (Å²) in [5.41, 5.74) is 2.83. The van der Waals surface area contributed by atoms with E-state index >= 15 is 0 Å². The predicted octanol–water partition coefficient (Wildman–Crippen LogP) is 4.00. The van der Waals surface area contributed by atoms with Crippen LogP contribution >= 0.6 is 23.6 Å². The SMILES string of the molecule is O=C(O)CCCNC(=O)CCCn1c(O)c(/C=C2\C=Nc3ccccc32)sc1=S. The van der Waals surface area contributed by atoms with Gasteiger partial charge in [-0.1, -0.05) is 18.2 Å². The van der Waals surface area contributed by atoms with Crippen molar-refractivity contribution in [3.05, 3.63) is 38.7 Å². The van der Waals surface area contributed by atoms with Crippen LogP contribution in [0.3, 0.4) is 0 Å². The molecule has 1 aliphatic rings. The molecule has 0 radical (unpaired) electrons. The fourth-order valence-electron chi connectivity index (χ4n) is 2.95. The quantitative estimate of drug-likeness (QED) is 0.411. The number of aliphatic carboxylic acids is 1. The molecular weight excluding hydrogens is 410 g/mol. The van der Waals surface area contributed by atoms with Gasteiger partial charge in [0.2, 0.25) is 11.8 Å². The van der Waals surface area contributed by atoms with Crippen LogP contribution in [0.1, 0.15) is 36.1 Å². The largest absolute Gasteiger partial charge is 0.493 e. The van der Waals surface area contributed by atoms with Gasteiger partial charge in [-0.25, -0.2) is 0 Å². The number of hydrogen-bond acceptors (Lipinski definition) is 6. The standard InChI is InChI=1S/C20H21N3O4S2/c24-17(21-9-3-8-18(25)26)7-4-10-23-19(27)16(29-20(23)28)11-13-12-22-15-6-2-1-5-14(13)15/h1-2,5-6,11-12,27H,3-4,7-10H2,(H,21,24)(H,25,26)/b13-11+. The van der Waals surface area contributed by atoms with Crippen molar-refractivity contribution in [2.45, 2.75) is 32.2 Å². The van der Waals surface area contributed by atoms with Gasteiger partial charge in [-0.2, -0.15) is 0 Å². The summed E-state index contributed by atoms with van der Waals surface area (Å²) in [5, 5.41) is 21.8. The summed E-state index contributed by atoms with van der Waals surface area (Å²) in [6.45, 7) is 0.770. The van der Waals surface area contributed by atoms with E-state index in [9.17, 15) is 14.7 Å². The fraction of sp³-hybridized carbons (Fsp3) is 0.300. The number of allylic oxidation sites excluding steroid dienone is 1. The number of carboxylic acids is 1. The Morgan fingerprint density at radius 1 is 1.24 bits per heavy atom. The van der Waals surface area contributed by atoms with Gasteiger partial charge >= 0.3 is 5.97 Å². The lowest BCUT2D eigenvalue weighted by Gasteiger charge is -2.06. The Kier molecular flexibility index (Phi) is 6.95. The number of aromatic hydroxyl groups is 1. The molecule has 152 valence electrons. The first-order valence-corrected chi connectivity index (χ1v) is 10.4. The smallest absolute Gasteiger partial charge is 0.303 e. The summed E-state index contributed by atoms with van der Waals surface area (Å²) >= 11 is 6.69. The van der Waals surface area contributed by atoms with Crippen molar-refractivity contribution in [2.75, 3.05) is 6.54 Å². The molecule has 0 atom stereocenters. The van der Waals surface area contributed by atoms with Crippen LogP contribution in [0.5, 0.6) is 5.88 Å². The molecule has 0 fully saturated rings. The summed E-state index contributed by atoms with van der Waals surface area (Å²) < 4.78 is 2.17. The van der Waals surface area contributed by atoms with Gasteiger partial charge in [0.05, 0.1) is 10.6 Å². The maximum Gasteiger partial charge on any atom is 0.303 e. The number of carbonyl (C=O) groups is 2. The zero-order chi connectivity index (χ0) is 20.8. The third-order valence-corrected chi connectivity index (χ3v) is 5.80. The molecule has 1 aromatic carbocycles. The average molecular weight is 432 g/mol. The topological polar surface area (TPSA) is 104 Å². The van der Waals surface area contributed by atoms with Gasteiger partial charge in [0.1, 0.15) is 0 Å². The lowest BCUT2D eigenvalue weighted by atomic mass is 10.1. The summed E-state index contributed by atoms with van der Waals surface area (Å²) in [6.07, 6.45) is 4.88. The van der Waals surface area contributed by atoms with Gasteiger partial charge in [0.15, 0.2) is 3.95 Å². The molecule has 1 aromatic heterocycles. The van der Waals surface area contributed by atoms with Gasteiger partial charge in [-0.05, 0) is 37.2 Å². The number of rotatable bonds is 9. The van der Waals surface area contributed by atoms with E-state index in [4.69, 9.17) is 17.3 Å². The second-order valence-electron chi connectivity index (χ2n) is 6.53. The van der Waals surface area contributed by atoms with Gasteiger partial charge in [0.25, 0.3) is 0 Å². The molecule has 2 aromatic rings. The third kappa shape index (κ3) is 5.39. The number of carbonyl (C=O) groups excluding carboxylic acids is 1. The maximum atomic E-state index is 11.8. The maximum absolute atomic E-state index is 11.8. The normalized spacial score (nSPS) is 13.6. The number of aliphatic imine (C=N–C) groups is 1. The number of hydrogen-bond donors (Lipinski definition) is 3. The summed E-state index contributed by atoms with van der Waals surface area (Å²) in [7, 11) is 0. The second-order valence-corrected chi connectivity index (χ2v) is 8.21. The van der Waals surface area contributed by atoms with Crippen LogP contribution in [0.15, 0.2) is 29.3 Å². The highest BCUT2D eigenvalue weighted by molar-refractivity contribution is 7.73. The number of carboxylic acid groups (broad SMARTS) is 1. The number of aromatic nitrogens is 1. The number of amides is 1. The minimum atomic E-state index is -0.875. The molecule has 0 saturated carbocycles. The van der Waals surface area contributed by atoms with Crippen LogP contribution in [0.4, 0.5) is 5.69 Å². The molecule has 1 amide bonds. The molecule has 3 N–H and O–H groups in total. The van der Waals surface area contributed by atoms with Crippen LogP contribution in [0.2, 0.25) is 0 Å². The number of para-hydroxylation sites is 1. The number of fused-ring (bicyclic) bond motifs is 1. The first-order chi connectivity index (χ1) is 14.0. The first-order valence-electron chi connectivity index (χ1n) is 9.22. The third-order valence-electron chi connectivity index (χ3n) is 4.41. The highest BCUT2D eigenvalue weighted by Crippen LogP contribution is 2.35. The molecule has 0 spiro atoms. The monoisotopic (exact) mass is 431 g/mol. The Bertz CT molecular complexity index is 1040. The Morgan fingerprint density at radius 2 is 2.03 bits per heavy atom. The van der Waals surface area contributed by atoms with Crippen molar-refractivity contribution in [3.8, 4) is 5.88 Å². The first kappa shape index (κ1) is 20.9. The number of nitrogens with zero attached hydrogens (tertiary/aromatic N) is 2. The molecule has 29 heavy (non-hydrogen) atoms. The Morgan fingerprint density at radius 3 is 2.83 bits per heavy atom. The zero-order valence-electron chi connectivity index (χ0n) is 15.6. The molecule has 0 saturated heterocycles. The van der Waals surface area contributed by atoms with Crippen molar-refractivity contribution in [2.24, 2.45) is 4.99 Å². The van der Waals surface area contributed by atoms with Crippen LogP contribution in [0.25, 0.3) is 11.6 Å². The number of benzene rings is 1. The van der Waals surface area contributed by atoms with Gasteiger partial charge in [-0.3, -0.25) is 19.1 Å². The average Bonchev–Trinajstić information content (AvgIpc) is 3.21. The van der Waals surface area contributed by atoms with Gasteiger partial charge in [0, 0.05) is 43.3 Å². The van der Waals surface area contributed by atoms with Crippen molar-refractivity contribution >= 4 is 59.0 Å². The van der Waals surface area contributed by atoms with E-state index in [0.717, 1.165) is 16.8 Å². The highest BCUT2D eigenvalue weighted by Gasteiger charge is 2.15. The summed E-state index contributed by atoms with van der Waals surface area (Å²) in [5.74, 6) is -0.926. The predicted molar refractivity (Wildman–Crippen MR) is 116 cm³/mol. The van der Waals surface area contributed by atoms with E-state index < -0.39 is 5.97 Å². The van der Waals surface area contributed by atoms with E-state index in [1.807, 2.05) is 30.3 Å². The summed E-state index contributed by atoms with van der Waals surface area (Å²) in [6, 6.07) is 7.79. The van der Waals surface area contributed by atoms with E-state index in [1.165, 1.54) is 11.3 Å². The highest BCUT2D eigenvalue weighted by atomic mass is 32.1. The van der Waals surface area contributed by atoms with Crippen molar-refractivity contribution in [1.82, 2.24) is 9.88 Å². The number of nitrogens with one attached hydrogen (secondary N) is 1. The molecule has 0 bridgehead atoms.